The molecule has 3 atom stereocenters. The van der Waals surface area contributed by atoms with Gasteiger partial charge in [0.15, 0.2) is 0 Å². The lowest BCUT2D eigenvalue weighted by atomic mass is 10.0. The minimum Gasteiger partial charge on any atom is -0.481 e. The molecule has 1 heterocycles. The zero-order valence-corrected chi connectivity index (χ0v) is 16.0. The number of amides is 2. The first-order valence-corrected chi connectivity index (χ1v) is 9.58. The van der Waals surface area contributed by atoms with E-state index in [1.165, 1.54) is 0 Å². The summed E-state index contributed by atoms with van der Waals surface area (Å²) in [6.07, 6.45) is 4.84. The van der Waals surface area contributed by atoms with E-state index in [0.717, 1.165) is 12.0 Å². The molecule has 150 valence electrons. The van der Waals surface area contributed by atoms with Gasteiger partial charge >= 0.3 is 5.97 Å². The number of aromatic nitrogens is 1. The summed E-state index contributed by atoms with van der Waals surface area (Å²) < 4.78 is 1.83. The van der Waals surface area contributed by atoms with E-state index in [-0.39, 0.29) is 11.8 Å². The number of aliphatic carboxylic acids is 1. The molecule has 27 heavy (non-hydrogen) atoms. The predicted molar refractivity (Wildman–Crippen MR) is 101 cm³/mol. The van der Waals surface area contributed by atoms with E-state index < -0.39 is 24.0 Å². The molecule has 5 N–H and O–H groups in total. The lowest BCUT2D eigenvalue weighted by molar-refractivity contribution is -0.142. The summed E-state index contributed by atoms with van der Waals surface area (Å²) in [5, 5.41) is 14.9. The molecule has 1 aromatic rings. The molecule has 0 radical (unpaired) electrons. The van der Waals surface area contributed by atoms with Crippen LogP contribution >= 0.6 is 0 Å². The number of carbonyl (C=O) groups excluding carboxylic acids is 2. The van der Waals surface area contributed by atoms with Crippen molar-refractivity contribution in [3.05, 3.63) is 23.5 Å². The summed E-state index contributed by atoms with van der Waals surface area (Å²) in [5.74, 6) is -2.12. The molecule has 1 aliphatic carbocycles. The largest absolute Gasteiger partial charge is 0.481 e. The molecule has 0 spiro atoms. The molecule has 0 saturated heterocycles. The summed E-state index contributed by atoms with van der Waals surface area (Å²) in [7, 11) is 0. The second kappa shape index (κ2) is 9.55. The standard InChI is InChI=1S/C19H30N4O4/c1-3-23-11-12(2)10-16(23)18(25)22-15(8-5-9-20)17(24)21-14-7-4-6-13(14)19(26)27/h10-11,13-15H,3-9,20H2,1-2H3,(H,21,24)(H,22,25)(H,26,27). The Bertz CT molecular complexity index is 685. The minimum absolute atomic E-state index is 0.316. The fraction of sp³-hybridized carbons (Fsp3) is 0.632. The van der Waals surface area contributed by atoms with Gasteiger partial charge in [0.05, 0.1) is 5.92 Å². The number of carbonyl (C=O) groups is 3. The topological polar surface area (TPSA) is 126 Å². The Morgan fingerprint density at radius 2 is 2.11 bits per heavy atom. The number of nitrogens with one attached hydrogen (secondary N) is 2. The first-order chi connectivity index (χ1) is 12.9. The van der Waals surface area contributed by atoms with Crippen molar-refractivity contribution in [3.8, 4) is 0 Å². The molecule has 0 bridgehead atoms. The van der Waals surface area contributed by atoms with Gasteiger partial charge in [-0.05, 0) is 57.7 Å². The van der Waals surface area contributed by atoms with Gasteiger partial charge in [0.2, 0.25) is 5.91 Å². The molecule has 1 aliphatic rings. The predicted octanol–water partition coefficient (Wildman–Crippen LogP) is 1.02. The van der Waals surface area contributed by atoms with Crippen LogP contribution in [0.2, 0.25) is 0 Å². The van der Waals surface area contributed by atoms with Crippen LogP contribution in [0.4, 0.5) is 0 Å². The molecule has 1 aromatic heterocycles. The maximum absolute atomic E-state index is 12.7. The van der Waals surface area contributed by atoms with E-state index in [1.807, 2.05) is 24.6 Å². The Labute approximate surface area is 159 Å². The lowest BCUT2D eigenvalue weighted by Gasteiger charge is -2.23. The Morgan fingerprint density at radius 1 is 1.37 bits per heavy atom. The highest BCUT2D eigenvalue weighted by atomic mass is 16.4. The first kappa shape index (κ1) is 21.0. The third-order valence-electron chi connectivity index (χ3n) is 5.09. The summed E-state index contributed by atoms with van der Waals surface area (Å²) in [5.41, 5.74) is 7.04. The molecule has 8 heteroatoms. The fourth-order valence-electron chi connectivity index (χ4n) is 3.64. The van der Waals surface area contributed by atoms with E-state index in [1.54, 1.807) is 6.07 Å². The Morgan fingerprint density at radius 3 is 2.74 bits per heavy atom. The average Bonchev–Trinajstić information content (AvgIpc) is 3.24. The van der Waals surface area contributed by atoms with Crippen molar-refractivity contribution in [1.82, 2.24) is 15.2 Å². The van der Waals surface area contributed by atoms with Crippen LogP contribution in [0, 0.1) is 12.8 Å². The van der Waals surface area contributed by atoms with Crippen molar-refractivity contribution >= 4 is 17.8 Å². The van der Waals surface area contributed by atoms with Crippen LogP contribution in [0.1, 0.15) is 55.1 Å². The Kier molecular flexibility index (Phi) is 7.41. The SMILES string of the molecule is CCn1cc(C)cc1C(=O)NC(CCCN)C(=O)NC1CCCC1C(=O)O. The maximum atomic E-state index is 12.7. The second-order valence-electron chi connectivity index (χ2n) is 7.14. The number of hydrogen-bond donors (Lipinski definition) is 4. The highest BCUT2D eigenvalue weighted by Crippen LogP contribution is 2.26. The third-order valence-corrected chi connectivity index (χ3v) is 5.09. The zero-order chi connectivity index (χ0) is 20.0. The van der Waals surface area contributed by atoms with Crippen molar-refractivity contribution in [2.24, 2.45) is 11.7 Å². The number of hydrogen-bond acceptors (Lipinski definition) is 4. The molecule has 2 rings (SSSR count). The molecular formula is C19H30N4O4. The zero-order valence-electron chi connectivity index (χ0n) is 16.0. The normalized spacial score (nSPS) is 20.3. The fourth-order valence-corrected chi connectivity index (χ4v) is 3.64. The number of rotatable bonds is 9. The van der Waals surface area contributed by atoms with E-state index in [9.17, 15) is 19.5 Å². The number of carboxylic acids is 1. The van der Waals surface area contributed by atoms with Crippen molar-refractivity contribution in [2.45, 2.75) is 64.6 Å². The van der Waals surface area contributed by atoms with E-state index in [0.29, 0.717) is 44.5 Å². The first-order valence-electron chi connectivity index (χ1n) is 9.58. The van der Waals surface area contributed by atoms with Crippen LogP contribution < -0.4 is 16.4 Å². The monoisotopic (exact) mass is 378 g/mol. The van der Waals surface area contributed by atoms with Crippen LogP contribution in [-0.2, 0) is 16.1 Å². The van der Waals surface area contributed by atoms with E-state index in [4.69, 9.17) is 5.73 Å². The lowest BCUT2D eigenvalue weighted by Crippen LogP contribution is -2.51. The molecule has 2 amide bonds. The van der Waals surface area contributed by atoms with Crippen LogP contribution in [0.15, 0.2) is 12.3 Å². The summed E-state index contributed by atoms with van der Waals surface area (Å²) >= 11 is 0. The highest BCUT2D eigenvalue weighted by Gasteiger charge is 2.35. The van der Waals surface area contributed by atoms with Gasteiger partial charge in [0, 0.05) is 18.8 Å². The van der Waals surface area contributed by atoms with Gasteiger partial charge in [-0.3, -0.25) is 14.4 Å². The molecule has 8 nitrogen and oxygen atoms in total. The van der Waals surface area contributed by atoms with Crippen LogP contribution in [0.5, 0.6) is 0 Å². The van der Waals surface area contributed by atoms with E-state index in [2.05, 4.69) is 10.6 Å². The van der Waals surface area contributed by atoms with Gasteiger partial charge < -0.3 is 26.0 Å². The van der Waals surface area contributed by atoms with Gasteiger partial charge in [0.1, 0.15) is 11.7 Å². The summed E-state index contributed by atoms with van der Waals surface area (Å²) in [6, 6.07) is 0.652. The van der Waals surface area contributed by atoms with Gasteiger partial charge in [-0.15, -0.1) is 0 Å². The third kappa shape index (κ3) is 5.32. The number of carboxylic acid groups (broad SMARTS) is 1. The van der Waals surface area contributed by atoms with Crippen molar-refractivity contribution in [3.63, 3.8) is 0 Å². The van der Waals surface area contributed by atoms with Gasteiger partial charge in [0.25, 0.3) is 5.91 Å². The second-order valence-corrected chi connectivity index (χ2v) is 7.14. The summed E-state index contributed by atoms with van der Waals surface area (Å²) in [6.45, 7) is 4.92. The molecule has 1 fully saturated rings. The van der Waals surface area contributed by atoms with Crippen LogP contribution in [0.3, 0.4) is 0 Å². The molecular weight excluding hydrogens is 348 g/mol. The van der Waals surface area contributed by atoms with Gasteiger partial charge in [-0.25, -0.2) is 0 Å². The van der Waals surface area contributed by atoms with E-state index >= 15 is 0 Å². The number of nitrogens with zero attached hydrogens (tertiary/aromatic N) is 1. The molecule has 3 unspecified atom stereocenters. The average molecular weight is 378 g/mol. The smallest absolute Gasteiger partial charge is 0.308 e. The van der Waals surface area contributed by atoms with Crippen LogP contribution in [0.25, 0.3) is 0 Å². The molecule has 0 aliphatic heterocycles. The van der Waals surface area contributed by atoms with Gasteiger partial charge in [-0.1, -0.05) is 6.42 Å². The Hall–Kier alpha value is -2.35. The maximum Gasteiger partial charge on any atom is 0.308 e. The number of aryl methyl sites for hydroxylation is 2. The summed E-state index contributed by atoms with van der Waals surface area (Å²) in [4.78, 5) is 36.8. The molecule has 0 aromatic carbocycles. The van der Waals surface area contributed by atoms with Crippen molar-refractivity contribution in [2.75, 3.05) is 6.54 Å². The quantitative estimate of drug-likeness (QED) is 0.510. The van der Waals surface area contributed by atoms with Crippen molar-refractivity contribution in [1.29, 1.82) is 0 Å². The van der Waals surface area contributed by atoms with Gasteiger partial charge in [-0.2, -0.15) is 0 Å². The highest BCUT2D eigenvalue weighted by molar-refractivity contribution is 5.96. The number of nitrogens with two attached hydrogens (primary N) is 1. The van der Waals surface area contributed by atoms with Crippen LogP contribution in [-0.4, -0.2) is 46.1 Å². The molecule has 1 saturated carbocycles. The minimum atomic E-state index is -0.892. The van der Waals surface area contributed by atoms with Crippen molar-refractivity contribution < 1.29 is 19.5 Å². The Balaban J connectivity index is 2.08.